The first kappa shape index (κ1) is 26.6. The molecule has 0 aliphatic carbocycles. The number of hydrogen-bond donors (Lipinski definition) is 1. The van der Waals surface area contributed by atoms with Crippen molar-refractivity contribution < 1.29 is 17.7 Å². The average molecular weight is 469 g/mol. The molecule has 0 atom stereocenters. The molecule has 0 saturated heterocycles. The van der Waals surface area contributed by atoms with E-state index < -0.39 is 10.1 Å². The molecular formula is C28H36O4S. The summed E-state index contributed by atoms with van der Waals surface area (Å²) in [7, 11) is -2.61. The number of hydrogen-bond acceptors (Lipinski definition) is 3. The van der Waals surface area contributed by atoms with Crippen LogP contribution in [-0.4, -0.2) is 20.1 Å². The lowest BCUT2D eigenvalue weighted by Crippen LogP contribution is -2.11. The van der Waals surface area contributed by atoms with Crippen LogP contribution in [0.15, 0.2) is 77.7 Å². The minimum atomic E-state index is -4.08. The third-order valence-electron chi connectivity index (χ3n) is 5.41. The minimum absolute atomic E-state index is 0.136. The summed E-state index contributed by atoms with van der Waals surface area (Å²) in [6.07, 6.45) is 1.01. The van der Waals surface area contributed by atoms with Crippen molar-refractivity contribution in [2.75, 3.05) is 7.11 Å². The molecule has 4 nitrogen and oxygen atoms in total. The van der Waals surface area contributed by atoms with Crippen LogP contribution < -0.4 is 4.74 Å². The van der Waals surface area contributed by atoms with E-state index in [1.54, 1.807) is 0 Å². The van der Waals surface area contributed by atoms with Gasteiger partial charge in [-0.25, -0.2) is 0 Å². The van der Waals surface area contributed by atoms with Crippen LogP contribution in [0.25, 0.3) is 0 Å². The zero-order valence-electron chi connectivity index (χ0n) is 20.7. The molecule has 33 heavy (non-hydrogen) atoms. The largest absolute Gasteiger partial charge is 0.497 e. The molecule has 0 bridgehead atoms. The lowest BCUT2D eigenvalue weighted by molar-refractivity contribution is 0.414. The fourth-order valence-corrected chi connectivity index (χ4v) is 3.71. The summed E-state index contributed by atoms with van der Waals surface area (Å²) in [5, 5.41) is 0. The predicted octanol–water partition coefficient (Wildman–Crippen LogP) is 6.81. The van der Waals surface area contributed by atoms with E-state index in [1.165, 1.54) is 53.6 Å². The van der Waals surface area contributed by atoms with Crippen LogP contribution in [0.4, 0.5) is 0 Å². The van der Waals surface area contributed by atoms with E-state index in [2.05, 4.69) is 90.1 Å². The molecular weight excluding hydrogens is 432 g/mol. The van der Waals surface area contributed by atoms with Gasteiger partial charge >= 0.3 is 0 Å². The van der Waals surface area contributed by atoms with Gasteiger partial charge in [-0.05, 0) is 63.8 Å². The van der Waals surface area contributed by atoms with Crippen LogP contribution in [0, 0.1) is 0 Å². The van der Waals surface area contributed by atoms with Crippen molar-refractivity contribution in [1.29, 1.82) is 0 Å². The normalized spacial score (nSPS) is 12.0. The Morgan fingerprint density at radius 2 is 1.03 bits per heavy atom. The molecule has 3 aromatic carbocycles. The smallest absolute Gasteiger partial charge is 0.294 e. The molecule has 0 fully saturated rings. The summed E-state index contributed by atoms with van der Waals surface area (Å²) in [4.78, 5) is -0.136. The van der Waals surface area contributed by atoms with Crippen LogP contribution in [0.2, 0.25) is 0 Å². The molecule has 0 heterocycles. The molecule has 0 radical (unpaired) electrons. The monoisotopic (exact) mass is 468 g/mol. The molecule has 3 aromatic rings. The zero-order chi connectivity index (χ0) is 24.9. The number of ether oxygens (including phenoxy) is 1. The fraction of sp³-hybridized carbons (Fsp3) is 0.357. The third kappa shape index (κ3) is 8.34. The Balaban J connectivity index is 0.000000273. The van der Waals surface area contributed by atoms with Gasteiger partial charge in [-0.2, -0.15) is 8.42 Å². The first-order valence-electron chi connectivity index (χ1n) is 11.0. The van der Waals surface area contributed by atoms with Crippen LogP contribution >= 0.6 is 0 Å². The Labute approximate surface area is 199 Å². The van der Waals surface area contributed by atoms with Crippen LogP contribution in [0.5, 0.6) is 5.75 Å². The fourth-order valence-electron chi connectivity index (χ4n) is 3.23. The van der Waals surface area contributed by atoms with Crippen molar-refractivity contribution in [3.63, 3.8) is 0 Å². The van der Waals surface area contributed by atoms with E-state index >= 15 is 0 Å². The number of benzene rings is 3. The van der Waals surface area contributed by atoms with Crippen LogP contribution in [-0.2, 0) is 27.4 Å². The zero-order valence-corrected chi connectivity index (χ0v) is 21.5. The maximum Gasteiger partial charge on any atom is 0.294 e. The van der Waals surface area contributed by atoms with E-state index in [1.807, 2.05) is 0 Å². The first-order chi connectivity index (χ1) is 15.2. The van der Waals surface area contributed by atoms with Gasteiger partial charge in [-0.3, -0.25) is 4.55 Å². The van der Waals surface area contributed by atoms with Gasteiger partial charge in [0, 0.05) is 0 Å². The Bertz CT molecular complexity index is 1060. The topological polar surface area (TPSA) is 63.6 Å². The highest BCUT2D eigenvalue weighted by Gasteiger charge is 2.14. The summed E-state index contributed by atoms with van der Waals surface area (Å²) < 4.78 is 34.5. The SMILES string of the molecule is CC(C)(C)c1ccc(Cc2ccc(C(C)(C)C)cc2)cc1.COc1ccc(S(=O)(=O)O)cc1. The maximum absolute atomic E-state index is 10.5. The van der Waals surface area contributed by atoms with Crippen molar-refractivity contribution in [3.05, 3.63) is 95.1 Å². The second kappa shape index (κ2) is 10.5. The molecule has 178 valence electrons. The van der Waals surface area contributed by atoms with Crippen molar-refractivity contribution in [2.45, 2.75) is 63.7 Å². The van der Waals surface area contributed by atoms with Gasteiger partial charge in [0.25, 0.3) is 10.1 Å². The summed E-state index contributed by atoms with van der Waals surface area (Å²) in [5.74, 6) is 0.544. The van der Waals surface area contributed by atoms with Crippen molar-refractivity contribution in [1.82, 2.24) is 0 Å². The van der Waals surface area contributed by atoms with Gasteiger partial charge in [0.1, 0.15) is 5.75 Å². The summed E-state index contributed by atoms with van der Waals surface area (Å²) in [6.45, 7) is 13.5. The highest BCUT2D eigenvalue weighted by molar-refractivity contribution is 7.85. The van der Waals surface area contributed by atoms with Gasteiger partial charge in [0.05, 0.1) is 12.0 Å². The first-order valence-corrected chi connectivity index (χ1v) is 12.4. The Hall–Kier alpha value is -2.63. The lowest BCUT2D eigenvalue weighted by Gasteiger charge is -2.20. The Morgan fingerprint density at radius 3 is 1.30 bits per heavy atom. The Morgan fingerprint density at radius 1 is 0.667 bits per heavy atom. The van der Waals surface area contributed by atoms with E-state index in [4.69, 9.17) is 9.29 Å². The quantitative estimate of drug-likeness (QED) is 0.427. The summed E-state index contributed by atoms with van der Waals surface area (Å²) in [6, 6.07) is 23.6. The average Bonchev–Trinajstić information content (AvgIpc) is 2.73. The van der Waals surface area contributed by atoms with Crippen molar-refractivity contribution in [3.8, 4) is 5.75 Å². The third-order valence-corrected chi connectivity index (χ3v) is 6.27. The predicted molar refractivity (Wildman–Crippen MR) is 136 cm³/mol. The molecule has 0 spiro atoms. The van der Waals surface area contributed by atoms with Gasteiger partial charge in [0.15, 0.2) is 0 Å². The van der Waals surface area contributed by atoms with Crippen molar-refractivity contribution >= 4 is 10.1 Å². The summed E-state index contributed by atoms with van der Waals surface area (Å²) in [5.41, 5.74) is 6.02. The lowest BCUT2D eigenvalue weighted by atomic mass is 9.85. The summed E-state index contributed by atoms with van der Waals surface area (Å²) >= 11 is 0. The van der Waals surface area contributed by atoms with Gasteiger partial charge in [0.2, 0.25) is 0 Å². The molecule has 0 aliphatic heterocycles. The highest BCUT2D eigenvalue weighted by atomic mass is 32.2. The van der Waals surface area contributed by atoms with Crippen molar-refractivity contribution in [2.24, 2.45) is 0 Å². The maximum atomic E-state index is 10.5. The molecule has 0 unspecified atom stereocenters. The second-order valence-electron chi connectivity index (χ2n) is 10.2. The molecule has 0 aliphatic rings. The van der Waals surface area contributed by atoms with Crippen LogP contribution in [0.1, 0.15) is 63.8 Å². The standard InChI is InChI=1S/C21H28.C7H8O4S/c1-20(2,3)18-11-7-16(8-12-18)15-17-9-13-19(14-10-17)21(4,5)6;1-11-6-2-4-7(5-3-6)12(8,9)10/h7-14H,15H2,1-6H3;2-5H,1H3,(H,8,9,10). The molecule has 0 amide bonds. The van der Waals surface area contributed by atoms with E-state index in [9.17, 15) is 8.42 Å². The highest BCUT2D eigenvalue weighted by Crippen LogP contribution is 2.25. The molecule has 3 rings (SSSR count). The van der Waals surface area contributed by atoms with E-state index in [0.29, 0.717) is 5.75 Å². The molecule has 5 heteroatoms. The van der Waals surface area contributed by atoms with Gasteiger partial charge in [-0.1, -0.05) is 90.1 Å². The molecule has 0 saturated carbocycles. The molecule has 0 aromatic heterocycles. The van der Waals surface area contributed by atoms with Crippen LogP contribution in [0.3, 0.4) is 0 Å². The Kier molecular flexibility index (Phi) is 8.50. The second-order valence-corrected chi connectivity index (χ2v) is 11.6. The number of rotatable bonds is 4. The molecule has 1 N–H and O–H groups in total. The van der Waals surface area contributed by atoms with E-state index in [-0.39, 0.29) is 15.7 Å². The number of methoxy groups -OCH3 is 1. The minimum Gasteiger partial charge on any atom is -0.497 e. The van der Waals surface area contributed by atoms with Gasteiger partial charge in [-0.15, -0.1) is 0 Å². The van der Waals surface area contributed by atoms with E-state index in [0.717, 1.165) is 6.42 Å². The van der Waals surface area contributed by atoms with Gasteiger partial charge < -0.3 is 4.74 Å².